The molecule has 1 aliphatic rings. The summed E-state index contributed by atoms with van der Waals surface area (Å²) in [4.78, 5) is 27.5. The van der Waals surface area contributed by atoms with Crippen LogP contribution >= 0.6 is 0 Å². The van der Waals surface area contributed by atoms with E-state index < -0.39 is 45.8 Å². The molecule has 1 fully saturated rings. The van der Waals surface area contributed by atoms with Gasteiger partial charge in [0.25, 0.3) is 5.56 Å². The van der Waals surface area contributed by atoms with E-state index in [2.05, 4.69) is 4.98 Å². The monoisotopic (exact) mass is 528 g/mol. The summed E-state index contributed by atoms with van der Waals surface area (Å²) in [6.45, 7) is 4.43. The van der Waals surface area contributed by atoms with Gasteiger partial charge in [0.15, 0.2) is 11.3 Å². The summed E-state index contributed by atoms with van der Waals surface area (Å²) in [5.41, 5.74) is -7.12. The number of ether oxygens (including phenoxy) is 1. The number of aromatic amines is 1. The average Bonchev–Trinajstić information content (AvgIpc) is 3.13. The van der Waals surface area contributed by atoms with Crippen molar-refractivity contribution in [1.82, 2.24) is 9.55 Å². The Morgan fingerprint density at radius 1 is 0.821 bits per heavy atom. The van der Waals surface area contributed by atoms with Gasteiger partial charge in [-0.1, -0.05) is 91.0 Å². The second kappa shape index (κ2) is 9.43. The molecule has 1 aliphatic heterocycles. The van der Waals surface area contributed by atoms with E-state index in [1.165, 1.54) is 27.0 Å². The first-order valence-corrected chi connectivity index (χ1v) is 12.8. The Labute approximate surface area is 225 Å². The van der Waals surface area contributed by atoms with Crippen LogP contribution in [0.15, 0.2) is 113 Å². The maximum Gasteiger partial charge on any atom is 0.330 e. The van der Waals surface area contributed by atoms with Crippen LogP contribution in [0.25, 0.3) is 0 Å². The maximum absolute atomic E-state index is 13.4. The van der Waals surface area contributed by atoms with Crippen LogP contribution in [0.5, 0.6) is 0 Å². The lowest BCUT2D eigenvalue weighted by atomic mass is 9.54. The highest BCUT2D eigenvalue weighted by Crippen LogP contribution is 2.60. The summed E-state index contributed by atoms with van der Waals surface area (Å²) in [6, 6.07) is 28.8. The molecular formula is C31H32N2O6. The molecule has 4 atom stereocenters. The normalized spacial score (nSPS) is 25.5. The molecule has 4 N–H and O–H groups in total. The van der Waals surface area contributed by atoms with Crippen LogP contribution in [-0.4, -0.2) is 48.3 Å². The highest BCUT2D eigenvalue weighted by Gasteiger charge is 2.75. The molecule has 0 unspecified atom stereocenters. The fourth-order valence-corrected chi connectivity index (χ4v) is 6.21. The van der Waals surface area contributed by atoms with Crippen molar-refractivity contribution in [3.8, 4) is 0 Å². The number of hydrogen-bond donors (Lipinski definition) is 4. The SMILES string of the molecule is CC(C)(O)[C@H]1O[C@@](C)(n2ccc(=O)[nH]c2=O)[C@@](O)(C(c2ccccc2)(c2ccccc2)c2ccccc2)[C@@H]1O. The summed E-state index contributed by atoms with van der Waals surface area (Å²) < 4.78 is 7.49. The zero-order valence-electron chi connectivity index (χ0n) is 22.0. The van der Waals surface area contributed by atoms with Gasteiger partial charge >= 0.3 is 5.69 Å². The second-order valence-electron chi connectivity index (χ2n) is 10.7. The third kappa shape index (κ3) is 3.83. The van der Waals surface area contributed by atoms with Crippen molar-refractivity contribution >= 4 is 0 Å². The first-order chi connectivity index (χ1) is 18.5. The van der Waals surface area contributed by atoms with Crippen LogP contribution in [0, 0.1) is 0 Å². The third-order valence-corrected chi connectivity index (χ3v) is 7.95. The molecule has 0 amide bonds. The van der Waals surface area contributed by atoms with Gasteiger partial charge in [-0.05, 0) is 37.5 Å². The third-order valence-electron chi connectivity index (χ3n) is 7.95. The van der Waals surface area contributed by atoms with Crippen molar-refractivity contribution in [3.63, 3.8) is 0 Å². The van der Waals surface area contributed by atoms with Crippen LogP contribution in [0.3, 0.4) is 0 Å². The molecule has 39 heavy (non-hydrogen) atoms. The van der Waals surface area contributed by atoms with Crippen molar-refractivity contribution in [2.45, 2.75) is 55.3 Å². The first kappa shape index (κ1) is 26.8. The standard InChI is InChI=1S/C31H32N2O6/c1-28(2,37)26-25(35)31(38,29(3,39-26)33-20-19-24(34)32-27(33)36)30(21-13-7-4-8-14-21,22-15-9-5-10-16-22)23-17-11-6-12-18-23/h4-20,25-26,35,37-38H,1-3H3,(H,32,34,36)/t25-,26+,29-,31-/m1/s1. The van der Waals surface area contributed by atoms with E-state index >= 15 is 0 Å². The largest absolute Gasteiger partial charge is 0.388 e. The number of nitrogens with zero attached hydrogens (tertiary/aromatic N) is 1. The summed E-state index contributed by atoms with van der Waals surface area (Å²) >= 11 is 0. The van der Waals surface area contributed by atoms with Gasteiger partial charge in [0.1, 0.15) is 12.2 Å². The highest BCUT2D eigenvalue weighted by molar-refractivity contribution is 5.56. The zero-order chi connectivity index (χ0) is 28.1. The van der Waals surface area contributed by atoms with Crippen molar-refractivity contribution in [2.75, 3.05) is 0 Å². The van der Waals surface area contributed by atoms with Crippen LogP contribution in [0.2, 0.25) is 0 Å². The molecule has 0 saturated carbocycles. The zero-order valence-corrected chi connectivity index (χ0v) is 22.0. The number of H-pyrrole nitrogens is 1. The van der Waals surface area contributed by atoms with Gasteiger partial charge in [-0.15, -0.1) is 0 Å². The Bertz CT molecular complexity index is 1470. The minimum atomic E-state index is -2.34. The smallest absolute Gasteiger partial charge is 0.330 e. The molecule has 0 bridgehead atoms. The summed E-state index contributed by atoms with van der Waals surface area (Å²) in [6.07, 6.45) is -1.82. The molecular weight excluding hydrogens is 496 g/mol. The fraction of sp³-hybridized carbons (Fsp3) is 0.290. The molecule has 0 radical (unpaired) electrons. The number of aliphatic hydroxyl groups is 3. The summed E-state index contributed by atoms with van der Waals surface area (Å²) in [5.74, 6) is 0. The molecule has 1 saturated heterocycles. The van der Waals surface area contributed by atoms with Crippen LogP contribution < -0.4 is 11.2 Å². The summed E-state index contributed by atoms with van der Waals surface area (Å²) in [7, 11) is 0. The van der Waals surface area contributed by atoms with Gasteiger partial charge < -0.3 is 20.1 Å². The van der Waals surface area contributed by atoms with E-state index in [4.69, 9.17) is 4.74 Å². The van der Waals surface area contributed by atoms with Crippen molar-refractivity contribution in [1.29, 1.82) is 0 Å². The molecule has 0 spiro atoms. The number of nitrogens with one attached hydrogen (secondary N) is 1. The predicted molar refractivity (Wildman–Crippen MR) is 146 cm³/mol. The number of aromatic nitrogens is 2. The summed E-state index contributed by atoms with van der Waals surface area (Å²) in [5, 5.41) is 36.7. The van der Waals surface area contributed by atoms with Gasteiger partial charge in [0.05, 0.1) is 11.0 Å². The van der Waals surface area contributed by atoms with E-state index in [9.17, 15) is 24.9 Å². The maximum atomic E-state index is 13.4. The van der Waals surface area contributed by atoms with E-state index in [1.807, 2.05) is 91.0 Å². The van der Waals surface area contributed by atoms with Gasteiger partial charge in [0.2, 0.25) is 0 Å². The lowest BCUT2D eigenvalue weighted by Crippen LogP contribution is -2.70. The Morgan fingerprint density at radius 3 is 1.64 bits per heavy atom. The van der Waals surface area contributed by atoms with Crippen molar-refractivity contribution in [2.24, 2.45) is 0 Å². The Balaban J connectivity index is 2.00. The predicted octanol–water partition coefficient (Wildman–Crippen LogP) is 2.51. The van der Waals surface area contributed by atoms with Crippen LogP contribution in [-0.2, 0) is 15.9 Å². The quantitative estimate of drug-likeness (QED) is 0.285. The molecule has 2 heterocycles. The van der Waals surface area contributed by atoms with Crippen LogP contribution in [0.1, 0.15) is 37.5 Å². The lowest BCUT2D eigenvalue weighted by Gasteiger charge is -2.54. The van der Waals surface area contributed by atoms with Gasteiger partial charge in [-0.2, -0.15) is 0 Å². The first-order valence-electron chi connectivity index (χ1n) is 12.8. The average molecular weight is 529 g/mol. The lowest BCUT2D eigenvalue weighted by molar-refractivity contribution is -0.213. The molecule has 1 aromatic heterocycles. The fourth-order valence-electron chi connectivity index (χ4n) is 6.21. The number of aliphatic hydroxyl groups excluding tert-OH is 1. The van der Waals surface area contributed by atoms with E-state index in [-0.39, 0.29) is 0 Å². The minimum Gasteiger partial charge on any atom is -0.388 e. The van der Waals surface area contributed by atoms with E-state index in [1.54, 1.807) is 0 Å². The Hall–Kier alpha value is -3.82. The number of benzene rings is 3. The van der Waals surface area contributed by atoms with Gasteiger partial charge in [0, 0.05) is 12.3 Å². The number of hydrogen-bond acceptors (Lipinski definition) is 6. The Kier molecular flexibility index (Phi) is 6.47. The minimum absolute atomic E-state index is 0.618. The molecule has 8 nitrogen and oxygen atoms in total. The molecule has 4 aromatic rings. The van der Waals surface area contributed by atoms with Crippen molar-refractivity contribution in [3.05, 3.63) is 141 Å². The van der Waals surface area contributed by atoms with E-state index in [0.29, 0.717) is 16.7 Å². The molecule has 5 rings (SSSR count). The number of rotatable bonds is 6. The topological polar surface area (TPSA) is 125 Å². The molecule has 202 valence electrons. The Morgan fingerprint density at radius 2 is 1.26 bits per heavy atom. The molecule has 3 aromatic carbocycles. The van der Waals surface area contributed by atoms with Crippen LogP contribution in [0.4, 0.5) is 0 Å². The van der Waals surface area contributed by atoms with Crippen molar-refractivity contribution < 1.29 is 20.1 Å². The van der Waals surface area contributed by atoms with Gasteiger partial charge in [-0.25, -0.2) is 4.79 Å². The highest BCUT2D eigenvalue weighted by atomic mass is 16.6. The second-order valence-corrected chi connectivity index (χ2v) is 10.7. The molecule has 0 aliphatic carbocycles. The van der Waals surface area contributed by atoms with Gasteiger partial charge in [-0.3, -0.25) is 14.3 Å². The molecule has 8 heteroatoms. The van der Waals surface area contributed by atoms with E-state index in [0.717, 1.165) is 10.6 Å².